The lowest BCUT2D eigenvalue weighted by Crippen LogP contribution is -2.37. The number of benzene rings is 2. The monoisotopic (exact) mass is 340 g/mol. The highest BCUT2D eigenvalue weighted by atomic mass is 16.5. The van der Waals surface area contributed by atoms with Crippen molar-refractivity contribution in [1.29, 1.82) is 0 Å². The molecular formula is C20H24N2O3. The first-order valence-electron chi connectivity index (χ1n) is 8.18. The zero-order valence-electron chi connectivity index (χ0n) is 14.9. The van der Waals surface area contributed by atoms with E-state index in [-0.39, 0.29) is 25.0 Å². The summed E-state index contributed by atoms with van der Waals surface area (Å²) in [5.41, 5.74) is 3.97. The highest BCUT2D eigenvalue weighted by Gasteiger charge is 2.16. The molecule has 0 atom stereocenters. The molecule has 2 aromatic carbocycles. The van der Waals surface area contributed by atoms with Crippen LogP contribution >= 0.6 is 0 Å². The van der Waals surface area contributed by atoms with Crippen LogP contribution in [0.25, 0.3) is 0 Å². The molecule has 5 nitrogen and oxygen atoms in total. The number of methoxy groups -OCH3 is 1. The summed E-state index contributed by atoms with van der Waals surface area (Å²) < 4.78 is 4.74. The molecule has 0 aliphatic rings. The van der Waals surface area contributed by atoms with Gasteiger partial charge >= 0.3 is 5.97 Å². The number of anilines is 1. The molecule has 25 heavy (non-hydrogen) atoms. The van der Waals surface area contributed by atoms with Crippen molar-refractivity contribution in [2.75, 3.05) is 25.5 Å². The molecule has 0 fully saturated rings. The van der Waals surface area contributed by atoms with Gasteiger partial charge in [-0.1, -0.05) is 48.0 Å². The van der Waals surface area contributed by atoms with Gasteiger partial charge in [0, 0.05) is 12.2 Å². The number of amides is 1. The lowest BCUT2D eigenvalue weighted by molar-refractivity contribution is -0.142. The highest BCUT2D eigenvalue weighted by Crippen LogP contribution is 2.16. The molecule has 2 aromatic rings. The number of rotatable bonds is 7. The van der Waals surface area contributed by atoms with Crippen molar-refractivity contribution in [1.82, 2.24) is 4.90 Å². The van der Waals surface area contributed by atoms with Gasteiger partial charge in [-0.25, -0.2) is 0 Å². The third-order valence-electron chi connectivity index (χ3n) is 3.85. The molecule has 2 rings (SSSR count). The smallest absolute Gasteiger partial charge is 0.319 e. The maximum Gasteiger partial charge on any atom is 0.319 e. The third kappa shape index (κ3) is 6.04. The zero-order valence-corrected chi connectivity index (χ0v) is 14.9. The quantitative estimate of drug-likeness (QED) is 0.788. The van der Waals surface area contributed by atoms with Crippen molar-refractivity contribution in [3.63, 3.8) is 0 Å². The van der Waals surface area contributed by atoms with Crippen molar-refractivity contribution in [2.45, 2.75) is 20.4 Å². The normalized spacial score (nSPS) is 10.6. The van der Waals surface area contributed by atoms with E-state index < -0.39 is 0 Å². The zero-order chi connectivity index (χ0) is 18.2. The van der Waals surface area contributed by atoms with Crippen LogP contribution in [0.15, 0.2) is 48.5 Å². The van der Waals surface area contributed by atoms with Gasteiger partial charge in [-0.3, -0.25) is 14.5 Å². The largest absolute Gasteiger partial charge is 0.468 e. The van der Waals surface area contributed by atoms with Crippen LogP contribution in [-0.2, 0) is 20.9 Å². The van der Waals surface area contributed by atoms with Gasteiger partial charge in [0.1, 0.15) is 0 Å². The third-order valence-corrected chi connectivity index (χ3v) is 3.85. The van der Waals surface area contributed by atoms with E-state index in [1.165, 1.54) is 7.11 Å². The van der Waals surface area contributed by atoms with Gasteiger partial charge in [-0.05, 0) is 31.0 Å². The Morgan fingerprint density at radius 1 is 1.04 bits per heavy atom. The van der Waals surface area contributed by atoms with E-state index in [0.29, 0.717) is 6.54 Å². The Labute approximate surface area is 148 Å². The first kappa shape index (κ1) is 18.7. The fourth-order valence-corrected chi connectivity index (χ4v) is 2.60. The molecule has 0 radical (unpaired) electrons. The van der Waals surface area contributed by atoms with Crippen molar-refractivity contribution in [2.24, 2.45) is 0 Å². The van der Waals surface area contributed by atoms with E-state index in [2.05, 4.69) is 5.32 Å². The maximum absolute atomic E-state index is 12.4. The van der Waals surface area contributed by atoms with Crippen molar-refractivity contribution < 1.29 is 14.3 Å². The second kappa shape index (κ2) is 8.99. The van der Waals surface area contributed by atoms with Crippen LogP contribution in [-0.4, -0.2) is 37.0 Å². The minimum Gasteiger partial charge on any atom is -0.468 e. The van der Waals surface area contributed by atoms with Crippen LogP contribution in [0.4, 0.5) is 5.69 Å². The molecule has 0 saturated heterocycles. The lowest BCUT2D eigenvalue weighted by atomic mass is 10.1. The summed E-state index contributed by atoms with van der Waals surface area (Å²) in [7, 11) is 1.35. The number of carbonyl (C=O) groups excluding carboxylic acids is 2. The summed E-state index contributed by atoms with van der Waals surface area (Å²) in [6.45, 7) is 4.63. The Kier molecular flexibility index (Phi) is 6.71. The summed E-state index contributed by atoms with van der Waals surface area (Å²) in [4.78, 5) is 25.8. The van der Waals surface area contributed by atoms with Gasteiger partial charge < -0.3 is 10.1 Å². The number of ether oxygens (including phenoxy) is 1. The first-order valence-corrected chi connectivity index (χ1v) is 8.18. The molecule has 0 spiro atoms. The van der Waals surface area contributed by atoms with Crippen LogP contribution < -0.4 is 5.32 Å². The molecule has 0 unspecified atom stereocenters. The average Bonchev–Trinajstić information content (AvgIpc) is 2.58. The number of carbonyl (C=O) groups is 2. The lowest BCUT2D eigenvalue weighted by Gasteiger charge is -2.21. The van der Waals surface area contributed by atoms with E-state index in [1.807, 2.05) is 62.4 Å². The van der Waals surface area contributed by atoms with E-state index >= 15 is 0 Å². The molecule has 5 heteroatoms. The Balaban J connectivity index is 2.04. The summed E-state index contributed by atoms with van der Waals surface area (Å²) in [5.74, 6) is -0.526. The number of aryl methyl sites for hydroxylation is 2. The van der Waals surface area contributed by atoms with Crippen molar-refractivity contribution in [3.05, 3.63) is 65.2 Å². The molecule has 0 bridgehead atoms. The molecule has 1 amide bonds. The number of hydrogen-bond donors (Lipinski definition) is 1. The van der Waals surface area contributed by atoms with E-state index in [9.17, 15) is 9.59 Å². The fourth-order valence-electron chi connectivity index (χ4n) is 2.60. The summed E-state index contributed by atoms with van der Waals surface area (Å²) in [6, 6.07) is 15.6. The van der Waals surface area contributed by atoms with Crippen molar-refractivity contribution in [3.8, 4) is 0 Å². The van der Waals surface area contributed by atoms with Crippen LogP contribution in [0.2, 0.25) is 0 Å². The van der Waals surface area contributed by atoms with E-state index in [4.69, 9.17) is 4.74 Å². The van der Waals surface area contributed by atoms with E-state index in [1.54, 1.807) is 4.90 Å². The minimum atomic E-state index is -0.366. The SMILES string of the molecule is COC(=O)CN(CC(=O)Nc1ccc(C)cc1C)Cc1ccccc1. The standard InChI is InChI=1S/C20H24N2O3/c1-15-9-10-18(16(2)11-15)21-19(23)13-22(14-20(24)25-3)12-17-7-5-4-6-8-17/h4-11H,12-14H2,1-3H3,(H,21,23). The first-order chi connectivity index (χ1) is 12.0. The molecule has 1 N–H and O–H groups in total. The number of hydrogen-bond acceptors (Lipinski definition) is 4. The topological polar surface area (TPSA) is 58.6 Å². The predicted molar refractivity (Wildman–Crippen MR) is 98.3 cm³/mol. The summed E-state index contributed by atoms with van der Waals surface area (Å²) >= 11 is 0. The molecule has 132 valence electrons. The molecular weight excluding hydrogens is 316 g/mol. The molecule has 0 aliphatic heterocycles. The van der Waals surface area contributed by atoms with Gasteiger partial charge in [-0.15, -0.1) is 0 Å². The number of nitrogens with zero attached hydrogens (tertiary/aromatic N) is 1. The average molecular weight is 340 g/mol. The Bertz CT molecular complexity index is 729. The highest BCUT2D eigenvalue weighted by molar-refractivity contribution is 5.93. The molecule has 0 saturated carbocycles. The van der Waals surface area contributed by atoms with Gasteiger partial charge in [0.25, 0.3) is 0 Å². The van der Waals surface area contributed by atoms with E-state index in [0.717, 1.165) is 22.4 Å². The Morgan fingerprint density at radius 3 is 2.40 bits per heavy atom. The Hall–Kier alpha value is -2.66. The molecule has 0 aliphatic carbocycles. The minimum absolute atomic E-state index is 0.0612. The van der Waals surface area contributed by atoms with Crippen LogP contribution in [0, 0.1) is 13.8 Å². The van der Waals surface area contributed by atoms with Gasteiger partial charge in [-0.2, -0.15) is 0 Å². The van der Waals surface area contributed by atoms with Gasteiger partial charge in [0.15, 0.2) is 0 Å². The fraction of sp³-hybridized carbons (Fsp3) is 0.300. The van der Waals surface area contributed by atoms with Gasteiger partial charge in [0.05, 0.1) is 20.2 Å². The summed E-state index contributed by atoms with van der Waals surface area (Å²) in [5, 5.41) is 2.91. The predicted octanol–water partition coefficient (Wildman–Crippen LogP) is 2.92. The molecule has 0 aromatic heterocycles. The number of nitrogens with one attached hydrogen (secondary N) is 1. The number of esters is 1. The molecule has 0 heterocycles. The van der Waals surface area contributed by atoms with Gasteiger partial charge in [0.2, 0.25) is 5.91 Å². The van der Waals surface area contributed by atoms with Crippen LogP contribution in [0.1, 0.15) is 16.7 Å². The summed E-state index contributed by atoms with van der Waals surface area (Å²) in [6.07, 6.45) is 0. The Morgan fingerprint density at radius 2 is 1.76 bits per heavy atom. The van der Waals surface area contributed by atoms with Crippen LogP contribution in [0.5, 0.6) is 0 Å². The van der Waals surface area contributed by atoms with Crippen LogP contribution in [0.3, 0.4) is 0 Å². The van der Waals surface area contributed by atoms with Crippen molar-refractivity contribution >= 4 is 17.6 Å². The maximum atomic E-state index is 12.4. The second-order valence-corrected chi connectivity index (χ2v) is 6.07. The second-order valence-electron chi connectivity index (χ2n) is 6.07.